The van der Waals surface area contributed by atoms with Crippen molar-refractivity contribution in [2.24, 2.45) is 17.2 Å². The number of amides is 3. The summed E-state index contributed by atoms with van der Waals surface area (Å²) in [5.74, 6) is -1.84. The van der Waals surface area contributed by atoms with Crippen molar-refractivity contribution >= 4 is 17.7 Å². The van der Waals surface area contributed by atoms with Gasteiger partial charge in [-0.15, -0.1) is 0 Å². The van der Waals surface area contributed by atoms with Gasteiger partial charge in [0.1, 0.15) is 0 Å². The first-order chi connectivity index (χ1) is 6.85. The highest BCUT2D eigenvalue weighted by Gasteiger charge is 2.48. The van der Waals surface area contributed by atoms with Gasteiger partial charge in [0.2, 0.25) is 17.7 Å². The first-order valence-electron chi connectivity index (χ1n) is 4.50. The largest absolute Gasteiger partial charge is 0.368 e. The third kappa shape index (κ3) is 2.91. The topological polar surface area (TPSA) is 133 Å². The zero-order valence-electron chi connectivity index (χ0n) is 8.23. The quantitative estimate of drug-likeness (QED) is 0.458. The van der Waals surface area contributed by atoms with Crippen molar-refractivity contribution in [1.29, 1.82) is 0 Å². The van der Waals surface area contributed by atoms with Crippen LogP contribution in [0.5, 0.6) is 0 Å². The van der Waals surface area contributed by atoms with Gasteiger partial charge in [-0.05, 0) is 12.8 Å². The smallest absolute Gasteiger partial charge is 0.243 e. The third-order valence-corrected chi connectivity index (χ3v) is 2.20. The molecule has 0 radical (unpaired) electrons. The van der Waals surface area contributed by atoms with Crippen LogP contribution in [-0.4, -0.2) is 41.2 Å². The average Bonchev–Trinajstić information content (AvgIpc) is 2.81. The lowest BCUT2D eigenvalue weighted by molar-refractivity contribution is -0.139. The Morgan fingerprint density at radius 1 is 1.07 bits per heavy atom. The van der Waals surface area contributed by atoms with Gasteiger partial charge in [0, 0.05) is 0 Å². The van der Waals surface area contributed by atoms with E-state index in [-0.39, 0.29) is 13.1 Å². The van der Waals surface area contributed by atoms with Crippen LogP contribution in [0.1, 0.15) is 12.8 Å². The molecular formula is C8H14N4O3. The molecule has 84 valence electrons. The van der Waals surface area contributed by atoms with E-state index in [1.807, 2.05) is 0 Å². The molecule has 0 spiro atoms. The number of hydrogen-bond acceptors (Lipinski definition) is 4. The van der Waals surface area contributed by atoms with Crippen LogP contribution in [0.3, 0.4) is 0 Å². The average molecular weight is 214 g/mol. The van der Waals surface area contributed by atoms with Gasteiger partial charge in [0.25, 0.3) is 0 Å². The summed E-state index contributed by atoms with van der Waals surface area (Å²) in [4.78, 5) is 34.0. The predicted molar refractivity (Wildman–Crippen MR) is 51.1 cm³/mol. The van der Waals surface area contributed by atoms with Crippen LogP contribution in [0.15, 0.2) is 0 Å². The highest BCUT2D eigenvalue weighted by molar-refractivity contribution is 5.94. The lowest BCUT2D eigenvalue weighted by Crippen LogP contribution is -2.51. The van der Waals surface area contributed by atoms with Crippen LogP contribution in [0.25, 0.3) is 0 Å². The predicted octanol–water partition coefficient (Wildman–Crippen LogP) is -2.72. The maximum absolute atomic E-state index is 11.7. The molecule has 1 fully saturated rings. The summed E-state index contributed by atoms with van der Waals surface area (Å²) in [7, 11) is 0. The minimum atomic E-state index is -0.926. The molecule has 7 nitrogen and oxygen atoms in total. The Hall–Kier alpha value is -1.63. The molecule has 0 atom stereocenters. The summed E-state index contributed by atoms with van der Waals surface area (Å²) >= 11 is 0. The van der Waals surface area contributed by atoms with Gasteiger partial charge in [0.05, 0.1) is 18.6 Å². The standard InChI is InChI=1S/C8H14N4O3/c9-5(13)3-12(4-6(10)14)7(15)8(11)1-2-8/h1-4,11H2,(H2,9,13)(H2,10,14). The molecule has 0 unspecified atom stereocenters. The van der Waals surface area contributed by atoms with Crippen molar-refractivity contribution in [3.05, 3.63) is 0 Å². The molecule has 0 aromatic heterocycles. The molecule has 0 heterocycles. The van der Waals surface area contributed by atoms with Gasteiger partial charge in [-0.2, -0.15) is 0 Å². The van der Waals surface area contributed by atoms with Crippen molar-refractivity contribution in [3.63, 3.8) is 0 Å². The zero-order chi connectivity index (χ0) is 11.6. The van der Waals surface area contributed by atoms with E-state index in [9.17, 15) is 14.4 Å². The fraction of sp³-hybridized carbons (Fsp3) is 0.625. The SMILES string of the molecule is NC(=O)CN(CC(N)=O)C(=O)C1(N)CC1. The third-order valence-electron chi connectivity index (χ3n) is 2.20. The Balaban J connectivity index is 2.66. The summed E-state index contributed by atoms with van der Waals surface area (Å²) in [6, 6.07) is 0. The second-order valence-electron chi connectivity index (χ2n) is 3.75. The first-order valence-corrected chi connectivity index (χ1v) is 4.50. The molecule has 0 bridgehead atoms. The van der Waals surface area contributed by atoms with Crippen LogP contribution in [-0.2, 0) is 14.4 Å². The number of rotatable bonds is 5. The fourth-order valence-electron chi connectivity index (χ4n) is 1.24. The Labute approximate surface area is 86.6 Å². The van der Waals surface area contributed by atoms with E-state index < -0.39 is 23.3 Å². The molecule has 1 saturated carbocycles. The van der Waals surface area contributed by atoms with Crippen molar-refractivity contribution in [3.8, 4) is 0 Å². The molecule has 7 heteroatoms. The van der Waals surface area contributed by atoms with E-state index in [0.717, 1.165) is 4.90 Å². The number of primary amides is 2. The van der Waals surface area contributed by atoms with Crippen LogP contribution in [0.4, 0.5) is 0 Å². The van der Waals surface area contributed by atoms with Gasteiger partial charge >= 0.3 is 0 Å². The number of nitrogens with zero attached hydrogens (tertiary/aromatic N) is 1. The molecule has 0 aromatic rings. The second kappa shape index (κ2) is 3.85. The van der Waals surface area contributed by atoms with Crippen LogP contribution < -0.4 is 17.2 Å². The molecule has 0 aromatic carbocycles. The molecule has 1 aliphatic carbocycles. The summed E-state index contributed by atoms with van der Waals surface area (Å²) in [6.07, 6.45) is 1.11. The Kier molecular flexibility index (Phi) is 2.94. The van der Waals surface area contributed by atoms with Gasteiger partial charge in [-0.1, -0.05) is 0 Å². The van der Waals surface area contributed by atoms with Gasteiger partial charge in [0.15, 0.2) is 0 Å². The highest BCUT2D eigenvalue weighted by atomic mass is 16.2. The molecule has 3 amide bonds. The molecule has 0 saturated heterocycles. The first kappa shape index (κ1) is 11.4. The number of nitrogens with two attached hydrogens (primary N) is 3. The van der Waals surface area contributed by atoms with Crippen LogP contribution in [0, 0.1) is 0 Å². The maximum Gasteiger partial charge on any atom is 0.243 e. The lowest BCUT2D eigenvalue weighted by atomic mass is 10.2. The monoisotopic (exact) mass is 214 g/mol. The summed E-state index contributed by atoms with van der Waals surface area (Å²) in [6.45, 7) is -0.665. The number of carbonyl (C=O) groups excluding carboxylic acids is 3. The Morgan fingerprint density at radius 2 is 1.47 bits per heavy atom. The fourth-order valence-corrected chi connectivity index (χ4v) is 1.24. The maximum atomic E-state index is 11.7. The molecule has 6 N–H and O–H groups in total. The summed E-state index contributed by atoms with van der Waals surface area (Å²) in [5, 5.41) is 0. The van der Waals surface area contributed by atoms with Crippen molar-refractivity contribution in [1.82, 2.24) is 4.90 Å². The summed E-state index contributed by atoms with van der Waals surface area (Å²) < 4.78 is 0. The molecule has 15 heavy (non-hydrogen) atoms. The van der Waals surface area contributed by atoms with E-state index in [0.29, 0.717) is 12.8 Å². The van der Waals surface area contributed by atoms with Crippen LogP contribution in [0.2, 0.25) is 0 Å². The second-order valence-corrected chi connectivity index (χ2v) is 3.75. The minimum absolute atomic E-state index is 0.333. The van der Waals surface area contributed by atoms with E-state index in [2.05, 4.69) is 0 Å². The minimum Gasteiger partial charge on any atom is -0.368 e. The van der Waals surface area contributed by atoms with Crippen molar-refractivity contribution in [2.45, 2.75) is 18.4 Å². The van der Waals surface area contributed by atoms with Gasteiger partial charge in [-0.25, -0.2) is 0 Å². The van der Waals surface area contributed by atoms with E-state index in [4.69, 9.17) is 17.2 Å². The summed E-state index contributed by atoms with van der Waals surface area (Å²) in [5.41, 5.74) is 14.6. The number of carbonyl (C=O) groups is 3. The Bertz CT molecular complexity index is 295. The van der Waals surface area contributed by atoms with E-state index in [1.165, 1.54) is 0 Å². The molecule has 1 rings (SSSR count). The molecule has 0 aliphatic heterocycles. The van der Waals surface area contributed by atoms with E-state index in [1.54, 1.807) is 0 Å². The number of hydrogen-bond donors (Lipinski definition) is 3. The Morgan fingerprint density at radius 3 is 1.73 bits per heavy atom. The lowest BCUT2D eigenvalue weighted by Gasteiger charge is -2.22. The molecule has 1 aliphatic rings. The van der Waals surface area contributed by atoms with Gasteiger partial charge in [-0.3, -0.25) is 14.4 Å². The van der Waals surface area contributed by atoms with Crippen LogP contribution >= 0.6 is 0 Å². The van der Waals surface area contributed by atoms with Crippen molar-refractivity contribution < 1.29 is 14.4 Å². The zero-order valence-corrected chi connectivity index (χ0v) is 8.23. The van der Waals surface area contributed by atoms with Gasteiger partial charge < -0.3 is 22.1 Å². The normalized spacial score (nSPS) is 16.9. The highest BCUT2D eigenvalue weighted by Crippen LogP contribution is 2.33. The van der Waals surface area contributed by atoms with Crippen molar-refractivity contribution in [2.75, 3.05) is 13.1 Å². The molecular weight excluding hydrogens is 200 g/mol. The van der Waals surface area contributed by atoms with E-state index >= 15 is 0 Å².